The highest BCUT2D eigenvalue weighted by Gasteiger charge is 2.16. The number of rotatable bonds is 7. The number of benzene rings is 1. The maximum atomic E-state index is 11.4. The van der Waals surface area contributed by atoms with Crippen LogP contribution in [0.3, 0.4) is 0 Å². The van der Waals surface area contributed by atoms with Gasteiger partial charge in [-0.05, 0) is 53.9 Å². The molecule has 1 aromatic rings. The van der Waals surface area contributed by atoms with Gasteiger partial charge in [0, 0.05) is 28.3 Å². The molecule has 106 valence electrons. The van der Waals surface area contributed by atoms with Crippen molar-refractivity contribution < 1.29 is 9.90 Å². The number of nitrogens with zero attached hydrogens (tertiary/aromatic N) is 1. The highest BCUT2D eigenvalue weighted by atomic mass is 79.9. The Morgan fingerprint density at radius 3 is 2.42 bits per heavy atom. The summed E-state index contributed by atoms with van der Waals surface area (Å²) in [5.41, 5.74) is 1.73. The number of aliphatic hydroxyl groups excluding tert-OH is 1. The lowest BCUT2D eigenvalue weighted by molar-refractivity contribution is 0.101. The molecule has 0 aliphatic rings. The van der Waals surface area contributed by atoms with Crippen LogP contribution in [0.2, 0.25) is 0 Å². The zero-order valence-corrected chi connectivity index (χ0v) is 13.4. The minimum absolute atomic E-state index is 0.0506. The van der Waals surface area contributed by atoms with Gasteiger partial charge in [-0.15, -0.1) is 0 Å². The van der Waals surface area contributed by atoms with Gasteiger partial charge in [0.2, 0.25) is 0 Å². The van der Waals surface area contributed by atoms with Crippen LogP contribution >= 0.6 is 15.9 Å². The van der Waals surface area contributed by atoms with Crippen molar-refractivity contribution in [2.75, 3.05) is 18.1 Å². The second-order valence-corrected chi connectivity index (χ2v) is 5.46. The molecule has 0 aromatic heterocycles. The summed E-state index contributed by atoms with van der Waals surface area (Å²) in [4.78, 5) is 13.6. The van der Waals surface area contributed by atoms with Crippen molar-refractivity contribution in [3.63, 3.8) is 0 Å². The number of Topliss-reactive ketones (excluding diaryl/α,β-unsaturated/α-hetero) is 1. The number of halogens is 1. The molecule has 0 radical (unpaired) electrons. The first kappa shape index (κ1) is 16.2. The first-order valence-electron chi connectivity index (χ1n) is 6.73. The minimum atomic E-state index is 0.0506. The van der Waals surface area contributed by atoms with Crippen molar-refractivity contribution in [1.29, 1.82) is 0 Å². The fourth-order valence-electron chi connectivity index (χ4n) is 2.33. The van der Waals surface area contributed by atoms with Gasteiger partial charge in [-0.25, -0.2) is 0 Å². The molecule has 0 amide bonds. The summed E-state index contributed by atoms with van der Waals surface area (Å²) < 4.78 is 0.811. The molecule has 4 heteroatoms. The van der Waals surface area contributed by atoms with Gasteiger partial charge in [0.25, 0.3) is 0 Å². The second-order valence-electron chi connectivity index (χ2n) is 4.61. The third-order valence-electron chi connectivity index (χ3n) is 3.39. The fraction of sp³-hybridized carbons (Fsp3) is 0.533. The molecular weight excluding hydrogens is 306 g/mol. The van der Waals surface area contributed by atoms with Crippen molar-refractivity contribution >= 4 is 27.4 Å². The number of hydrogen-bond donors (Lipinski definition) is 1. The Bertz CT molecular complexity index is 430. The summed E-state index contributed by atoms with van der Waals surface area (Å²) in [5.74, 6) is 0.0506. The van der Waals surface area contributed by atoms with Gasteiger partial charge in [0.15, 0.2) is 5.78 Å². The molecule has 0 aliphatic heterocycles. The van der Waals surface area contributed by atoms with Crippen LogP contribution in [0, 0.1) is 0 Å². The summed E-state index contributed by atoms with van der Waals surface area (Å²) >= 11 is 3.45. The van der Waals surface area contributed by atoms with E-state index in [1.54, 1.807) is 6.92 Å². The van der Waals surface area contributed by atoms with E-state index in [-0.39, 0.29) is 12.4 Å². The SMILES string of the molecule is CCC(CC)N(CCO)c1ccc(C(C)=O)c(Br)c1. The number of ketones is 1. The highest BCUT2D eigenvalue weighted by molar-refractivity contribution is 9.10. The third kappa shape index (κ3) is 4.05. The third-order valence-corrected chi connectivity index (χ3v) is 4.04. The molecule has 0 saturated carbocycles. The lowest BCUT2D eigenvalue weighted by Gasteiger charge is -2.32. The van der Waals surface area contributed by atoms with Crippen LogP contribution in [0.1, 0.15) is 44.0 Å². The van der Waals surface area contributed by atoms with Crippen LogP contribution < -0.4 is 4.90 Å². The van der Waals surface area contributed by atoms with E-state index in [0.717, 1.165) is 23.0 Å². The summed E-state index contributed by atoms with van der Waals surface area (Å²) in [6.45, 7) is 6.60. The van der Waals surface area contributed by atoms with Gasteiger partial charge in [0.05, 0.1) is 6.61 Å². The Kier molecular flexibility index (Phi) is 6.52. The van der Waals surface area contributed by atoms with Crippen LogP contribution in [0.15, 0.2) is 22.7 Å². The molecule has 0 heterocycles. The monoisotopic (exact) mass is 327 g/mol. The number of hydrogen-bond acceptors (Lipinski definition) is 3. The molecule has 0 saturated heterocycles. The van der Waals surface area contributed by atoms with E-state index in [1.807, 2.05) is 18.2 Å². The number of carbonyl (C=O) groups is 1. The molecule has 1 rings (SSSR count). The average molecular weight is 328 g/mol. The molecular formula is C15H22BrNO2. The summed E-state index contributed by atoms with van der Waals surface area (Å²) in [7, 11) is 0. The molecule has 0 spiro atoms. The van der Waals surface area contributed by atoms with Crippen molar-refractivity contribution in [2.24, 2.45) is 0 Å². The van der Waals surface area contributed by atoms with E-state index in [0.29, 0.717) is 18.2 Å². The molecule has 1 N–H and O–H groups in total. The molecule has 3 nitrogen and oxygen atoms in total. The predicted octanol–water partition coefficient (Wildman–Crippen LogP) is 3.64. The average Bonchev–Trinajstić information content (AvgIpc) is 2.38. The normalized spacial score (nSPS) is 10.8. The summed E-state index contributed by atoms with van der Waals surface area (Å²) in [5, 5.41) is 9.24. The quantitative estimate of drug-likeness (QED) is 0.777. The maximum Gasteiger partial charge on any atom is 0.160 e. The van der Waals surface area contributed by atoms with Crippen molar-refractivity contribution in [3.05, 3.63) is 28.2 Å². The summed E-state index contributed by atoms with van der Waals surface area (Å²) in [6.07, 6.45) is 2.06. The van der Waals surface area contributed by atoms with Crippen LogP contribution in [0.4, 0.5) is 5.69 Å². The van der Waals surface area contributed by atoms with Gasteiger partial charge < -0.3 is 10.0 Å². The Hall–Kier alpha value is -0.870. The van der Waals surface area contributed by atoms with Crippen molar-refractivity contribution in [3.8, 4) is 0 Å². The van der Waals surface area contributed by atoms with Gasteiger partial charge in [-0.1, -0.05) is 13.8 Å². The molecule has 0 unspecified atom stereocenters. The standard InChI is InChI=1S/C15H22BrNO2/c1-4-12(5-2)17(8-9-18)13-6-7-14(11(3)19)15(16)10-13/h6-7,10,12,18H,4-5,8-9H2,1-3H3. The minimum Gasteiger partial charge on any atom is -0.395 e. The lowest BCUT2D eigenvalue weighted by Crippen LogP contribution is -2.36. The van der Waals surface area contributed by atoms with Crippen LogP contribution in [0.25, 0.3) is 0 Å². The number of anilines is 1. The van der Waals surface area contributed by atoms with E-state index >= 15 is 0 Å². The number of carbonyl (C=O) groups excluding carboxylic acids is 1. The van der Waals surface area contributed by atoms with Crippen LogP contribution in [0.5, 0.6) is 0 Å². The zero-order valence-electron chi connectivity index (χ0n) is 11.8. The Morgan fingerprint density at radius 1 is 1.37 bits per heavy atom. The first-order chi connectivity index (χ1) is 9.04. The molecule has 0 fully saturated rings. The predicted molar refractivity (Wildman–Crippen MR) is 82.9 cm³/mol. The zero-order chi connectivity index (χ0) is 14.4. The van der Waals surface area contributed by atoms with Crippen molar-refractivity contribution in [1.82, 2.24) is 0 Å². The first-order valence-corrected chi connectivity index (χ1v) is 7.52. The Labute approximate surface area is 123 Å². The molecule has 0 atom stereocenters. The Morgan fingerprint density at radius 2 is 2.00 bits per heavy atom. The van der Waals surface area contributed by atoms with Crippen LogP contribution in [-0.4, -0.2) is 30.1 Å². The van der Waals surface area contributed by atoms with Crippen LogP contribution in [-0.2, 0) is 0 Å². The van der Waals surface area contributed by atoms with E-state index in [9.17, 15) is 9.90 Å². The number of aliphatic hydroxyl groups is 1. The smallest absolute Gasteiger partial charge is 0.160 e. The van der Waals surface area contributed by atoms with E-state index in [1.165, 1.54) is 0 Å². The molecule has 19 heavy (non-hydrogen) atoms. The highest BCUT2D eigenvalue weighted by Crippen LogP contribution is 2.27. The maximum absolute atomic E-state index is 11.4. The van der Waals surface area contributed by atoms with E-state index < -0.39 is 0 Å². The van der Waals surface area contributed by atoms with Gasteiger partial charge in [0.1, 0.15) is 0 Å². The van der Waals surface area contributed by atoms with Gasteiger partial charge in [-0.3, -0.25) is 4.79 Å². The van der Waals surface area contributed by atoms with E-state index in [4.69, 9.17) is 0 Å². The lowest BCUT2D eigenvalue weighted by atomic mass is 10.1. The molecule has 1 aromatic carbocycles. The van der Waals surface area contributed by atoms with Gasteiger partial charge >= 0.3 is 0 Å². The second kappa shape index (κ2) is 7.65. The molecule has 0 bridgehead atoms. The van der Waals surface area contributed by atoms with E-state index in [2.05, 4.69) is 34.7 Å². The molecule has 0 aliphatic carbocycles. The Balaban J connectivity index is 3.09. The van der Waals surface area contributed by atoms with Crippen molar-refractivity contribution in [2.45, 2.75) is 39.7 Å². The summed E-state index contributed by atoms with van der Waals surface area (Å²) in [6, 6.07) is 6.16. The largest absolute Gasteiger partial charge is 0.395 e. The fourth-order valence-corrected chi connectivity index (χ4v) is 2.97. The van der Waals surface area contributed by atoms with Gasteiger partial charge in [-0.2, -0.15) is 0 Å². The topological polar surface area (TPSA) is 40.5 Å².